The van der Waals surface area contributed by atoms with Gasteiger partial charge in [-0.3, -0.25) is 19.2 Å². The summed E-state index contributed by atoms with van der Waals surface area (Å²) in [6, 6.07) is 4.25. The van der Waals surface area contributed by atoms with E-state index in [9.17, 15) is 29.1 Å². The summed E-state index contributed by atoms with van der Waals surface area (Å²) >= 11 is 1.51. The summed E-state index contributed by atoms with van der Waals surface area (Å²) in [5.74, 6) is -3.55. The third-order valence-electron chi connectivity index (χ3n) is 5.25. The van der Waals surface area contributed by atoms with Crippen molar-refractivity contribution in [3.8, 4) is 0 Å². The van der Waals surface area contributed by atoms with E-state index in [0.29, 0.717) is 17.7 Å². The van der Waals surface area contributed by atoms with E-state index >= 15 is 0 Å². The molecule has 0 aliphatic carbocycles. The quantitative estimate of drug-likeness (QED) is 0.171. The topological polar surface area (TPSA) is 194 Å². The monoisotopic (exact) mass is 523 g/mol. The zero-order chi connectivity index (χ0) is 27.3. The molecule has 0 saturated carbocycles. The Morgan fingerprint density at radius 2 is 1.47 bits per heavy atom. The Morgan fingerprint density at radius 3 is 2.00 bits per heavy atom. The minimum atomic E-state index is -1.35. The lowest BCUT2D eigenvalue weighted by molar-refractivity contribution is -0.143. The van der Waals surface area contributed by atoms with Gasteiger partial charge in [-0.25, -0.2) is 4.79 Å². The second kappa shape index (κ2) is 15.8. The highest BCUT2D eigenvalue weighted by Crippen LogP contribution is 2.09. The molecule has 1 aromatic carbocycles. The van der Waals surface area contributed by atoms with Gasteiger partial charge < -0.3 is 32.5 Å². The van der Waals surface area contributed by atoms with E-state index in [2.05, 4.69) is 16.0 Å². The van der Waals surface area contributed by atoms with Gasteiger partial charge in [-0.1, -0.05) is 44.2 Å². The average Bonchev–Trinajstić information content (AvgIpc) is 2.80. The van der Waals surface area contributed by atoms with Crippen molar-refractivity contribution in [2.45, 2.75) is 63.7 Å². The number of amides is 4. The zero-order valence-electron chi connectivity index (χ0n) is 20.9. The number of hydrogen-bond acceptors (Lipinski definition) is 7. The second-order valence-corrected chi connectivity index (χ2v) is 9.89. The molecular weight excluding hydrogens is 486 g/mol. The number of carbonyl (C=O) groups excluding carboxylic acids is 4. The molecule has 4 unspecified atom stereocenters. The number of benzene rings is 1. The number of carboxylic acids is 1. The molecule has 0 fully saturated rings. The number of primary amides is 1. The second-order valence-electron chi connectivity index (χ2n) is 8.90. The number of nitrogens with two attached hydrogens (primary N) is 2. The van der Waals surface area contributed by atoms with Gasteiger partial charge in [0.1, 0.15) is 18.1 Å². The van der Waals surface area contributed by atoms with E-state index in [0.717, 1.165) is 0 Å². The standard InChI is InChI=1S/C24H37N5O6S/c1-14(2)11-19(24(34)35)29-22(32)17(12-15-7-5-4-6-8-15)28-23(33)18(13-20(26)30)27-21(31)16(25)9-10-36-3/h4-8,14,16-19H,9-13,25H2,1-3H3,(H2,26,30)(H,27,31)(H,28,33)(H,29,32)(H,34,35). The Labute approximate surface area is 215 Å². The molecule has 4 amide bonds. The molecule has 36 heavy (non-hydrogen) atoms. The fraction of sp³-hybridized carbons (Fsp3) is 0.542. The van der Waals surface area contributed by atoms with E-state index < -0.39 is 60.2 Å². The summed E-state index contributed by atoms with van der Waals surface area (Å²) in [5.41, 5.74) is 11.8. The van der Waals surface area contributed by atoms with Crippen molar-refractivity contribution in [2.75, 3.05) is 12.0 Å². The van der Waals surface area contributed by atoms with Gasteiger partial charge in [0.2, 0.25) is 23.6 Å². The Balaban J connectivity index is 3.10. The Hall–Kier alpha value is -3.12. The molecule has 8 N–H and O–H groups in total. The number of aliphatic carboxylic acids is 1. The maximum atomic E-state index is 13.1. The SMILES string of the molecule is CSCCC(N)C(=O)NC(CC(N)=O)C(=O)NC(Cc1ccccc1)C(=O)NC(CC(C)C)C(=O)O. The largest absolute Gasteiger partial charge is 0.480 e. The van der Waals surface area contributed by atoms with E-state index in [4.69, 9.17) is 11.5 Å². The summed E-state index contributed by atoms with van der Waals surface area (Å²) in [6.45, 7) is 3.65. The Morgan fingerprint density at radius 1 is 0.917 bits per heavy atom. The van der Waals surface area contributed by atoms with Crippen molar-refractivity contribution in [2.24, 2.45) is 17.4 Å². The molecule has 0 bridgehead atoms. The fourth-order valence-electron chi connectivity index (χ4n) is 3.36. The predicted molar refractivity (Wildman–Crippen MR) is 138 cm³/mol. The molecule has 11 nitrogen and oxygen atoms in total. The van der Waals surface area contributed by atoms with E-state index in [1.165, 1.54) is 11.8 Å². The lowest BCUT2D eigenvalue weighted by Gasteiger charge is -2.25. The first-order valence-electron chi connectivity index (χ1n) is 11.6. The molecule has 0 saturated heterocycles. The first kappa shape index (κ1) is 30.9. The third kappa shape index (κ3) is 11.5. The van der Waals surface area contributed by atoms with Crippen molar-refractivity contribution >= 4 is 41.4 Å². The summed E-state index contributed by atoms with van der Waals surface area (Å²) in [5, 5.41) is 17.0. The van der Waals surface area contributed by atoms with Gasteiger partial charge in [-0.2, -0.15) is 11.8 Å². The first-order chi connectivity index (χ1) is 16.9. The molecule has 0 aliphatic heterocycles. The van der Waals surface area contributed by atoms with E-state index in [1.54, 1.807) is 30.3 Å². The number of nitrogens with one attached hydrogen (secondary N) is 3. The van der Waals surface area contributed by atoms with E-state index in [-0.39, 0.29) is 18.8 Å². The fourth-order valence-corrected chi connectivity index (χ4v) is 3.85. The normalized spacial score (nSPS) is 14.2. The number of carbonyl (C=O) groups is 5. The van der Waals surface area contributed by atoms with Crippen molar-refractivity contribution in [3.63, 3.8) is 0 Å². The highest BCUT2D eigenvalue weighted by Gasteiger charge is 2.31. The van der Waals surface area contributed by atoms with Crippen LogP contribution in [0.3, 0.4) is 0 Å². The Bertz CT molecular complexity index is 898. The maximum absolute atomic E-state index is 13.1. The summed E-state index contributed by atoms with van der Waals surface area (Å²) in [6.07, 6.45) is 1.97. The van der Waals surface area contributed by atoms with Crippen LogP contribution in [0.1, 0.15) is 38.7 Å². The lowest BCUT2D eigenvalue weighted by atomic mass is 10.0. The van der Waals surface area contributed by atoms with Crippen molar-refractivity contribution in [1.82, 2.24) is 16.0 Å². The molecule has 0 radical (unpaired) electrons. The third-order valence-corrected chi connectivity index (χ3v) is 5.89. The molecular formula is C24H37N5O6S. The number of hydrogen-bond donors (Lipinski definition) is 6. The van der Waals surface area contributed by atoms with Gasteiger partial charge in [0, 0.05) is 6.42 Å². The van der Waals surface area contributed by atoms with Gasteiger partial charge in [-0.05, 0) is 36.3 Å². The molecule has 0 aliphatic rings. The van der Waals surface area contributed by atoms with Crippen LogP contribution in [0, 0.1) is 5.92 Å². The van der Waals surface area contributed by atoms with Crippen LogP contribution in [0.15, 0.2) is 30.3 Å². The minimum Gasteiger partial charge on any atom is -0.480 e. The summed E-state index contributed by atoms with van der Waals surface area (Å²) in [7, 11) is 0. The van der Waals surface area contributed by atoms with Crippen molar-refractivity contribution in [1.29, 1.82) is 0 Å². The highest BCUT2D eigenvalue weighted by molar-refractivity contribution is 7.98. The summed E-state index contributed by atoms with van der Waals surface area (Å²) in [4.78, 5) is 61.9. The van der Waals surface area contributed by atoms with Crippen molar-refractivity contribution < 1.29 is 29.1 Å². The molecule has 1 aromatic rings. The molecule has 0 heterocycles. The molecule has 12 heteroatoms. The molecule has 0 spiro atoms. The van der Waals surface area contributed by atoms with Crippen LogP contribution in [-0.4, -0.2) is 70.9 Å². The van der Waals surface area contributed by atoms with Crippen LogP contribution in [0.25, 0.3) is 0 Å². The van der Waals surface area contributed by atoms with E-state index in [1.807, 2.05) is 20.1 Å². The van der Waals surface area contributed by atoms with Crippen LogP contribution in [0.5, 0.6) is 0 Å². The molecule has 200 valence electrons. The smallest absolute Gasteiger partial charge is 0.326 e. The Kier molecular flexibility index (Phi) is 13.6. The van der Waals surface area contributed by atoms with Crippen LogP contribution >= 0.6 is 11.8 Å². The number of thioether (sulfide) groups is 1. The average molecular weight is 524 g/mol. The molecule has 1 rings (SSSR count). The van der Waals surface area contributed by atoms with Gasteiger partial charge >= 0.3 is 5.97 Å². The van der Waals surface area contributed by atoms with Gasteiger partial charge in [0.25, 0.3) is 0 Å². The number of carboxylic acid groups (broad SMARTS) is 1. The lowest BCUT2D eigenvalue weighted by Crippen LogP contribution is -2.58. The predicted octanol–water partition coefficient (Wildman–Crippen LogP) is -0.230. The van der Waals surface area contributed by atoms with Crippen LogP contribution < -0.4 is 27.4 Å². The van der Waals surface area contributed by atoms with Crippen LogP contribution in [0.4, 0.5) is 0 Å². The maximum Gasteiger partial charge on any atom is 0.326 e. The minimum absolute atomic E-state index is 0.000888. The zero-order valence-corrected chi connectivity index (χ0v) is 21.7. The first-order valence-corrected chi connectivity index (χ1v) is 13.0. The molecule has 4 atom stereocenters. The highest BCUT2D eigenvalue weighted by atomic mass is 32.2. The number of rotatable bonds is 16. The van der Waals surface area contributed by atoms with Gasteiger partial charge in [0.15, 0.2) is 0 Å². The van der Waals surface area contributed by atoms with Crippen LogP contribution in [0.2, 0.25) is 0 Å². The van der Waals surface area contributed by atoms with Crippen molar-refractivity contribution in [3.05, 3.63) is 35.9 Å². The van der Waals surface area contributed by atoms with Gasteiger partial charge in [-0.15, -0.1) is 0 Å². The summed E-state index contributed by atoms with van der Waals surface area (Å²) < 4.78 is 0. The van der Waals surface area contributed by atoms with Gasteiger partial charge in [0.05, 0.1) is 12.5 Å². The van der Waals surface area contributed by atoms with Crippen LogP contribution in [-0.2, 0) is 30.4 Å². The molecule has 0 aromatic heterocycles.